The first kappa shape index (κ1) is 11.5. The fraction of sp³-hybridized carbons (Fsp3) is 0.0625. The molecule has 1 aromatic heterocycles. The summed E-state index contributed by atoms with van der Waals surface area (Å²) in [6, 6.07) is 15.9. The van der Waals surface area contributed by atoms with E-state index in [1.807, 2.05) is 42.6 Å². The molecular formula is C16H13NO2. The lowest BCUT2D eigenvalue weighted by Gasteiger charge is -2.05. The van der Waals surface area contributed by atoms with Crippen LogP contribution in [0.1, 0.15) is 5.56 Å². The van der Waals surface area contributed by atoms with Gasteiger partial charge in [0.2, 0.25) is 0 Å². The van der Waals surface area contributed by atoms with Crippen molar-refractivity contribution in [3.8, 4) is 11.1 Å². The van der Waals surface area contributed by atoms with Gasteiger partial charge in [-0.25, -0.2) is 0 Å². The molecule has 0 radical (unpaired) electrons. The lowest BCUT2D eigenvalue weighted by atomic mass is 10.00. The number of carboxylic acid groups (broad SMARTS) is 1. The number of aliphatic carboxylic acids is 1. The molecule has 0 saturated heterocycles. The number of fused-ring (bicyclic) bond motifs is 1. The lowest BCUT2D eigenvalue weighted by Crippen LogP contribution is -1.99. The molecule has 0 aliphatic rings. The zero-order valence-corrected chi connectivity index (χ0v) is 10.3. The molecule has 0 amide bonds. The van der Waals surface area contributed by atoms with Gasteiger partial charge in [0, 0.05) is 17.1 Å². The molecule has 0 atom stereocenters. The minimum Gasteiger partial charge on any atom is -0.481 e. The molecule has 3 nitrogen and oxygen atoms in total. The number of rotatable bonds is 3. The van der Waals surface area contributed by atoms with Crippen LogP contribution in [0.2, 0.25) is 0 Å². The highest BCUT2D eigenvalue weighted by molar-refractivity contribution is 5.95. The normalized spacial score (nSPS) is 10.7. The van der Waals surface area contributed by atoms with Crippen molar-refractivity contribution in [1.29, 1.82) is 0 Å². The molecule has 94 valence electrons. The van der Waals surface area contributed by atoms with Gasteiger partial charge in [0.1, 0.15) is 0 Å². The van der Waals surface area contributed by atoms with Gasteiger partial charge in [-0.15, -0.1) is 0 Å². The van der Waals surface area contributed by atoms with Crippen LogP contribution in [0.5, 0.6) is 0 Å². The highest BCUT2D eigenvalue weighted by atomic mass is 16.4. The van der Waals surface area contributed by atoms with Crippen molar-refractivity contribution in [2.45, 2.75) is 6.42 Å². The van der Waals surface area contributed by atoms with E-state index in [0.717, 1.165) is 22.2 Å². The Balaban J connectivity index is 2.02. The highest BCUT2D eigenvalue weighted by Gasteiger charge is 2.05. The van der Waals surface area contributed by atoms with Gasteiger partial charge in [-0.1, -0.05) is 36.4 Å². The van der Waals surface area contributed by atoms with E-state index >= 15 is 0 Å². The van der Waals surface area contributed by atoms with Crippen LogP contribution in [-0.4, -0.2) is 16.1 Å². The second-order valence-corrected chi connectivity index (χ2v) is 4.51. The number of nitrogens with one attached hydrogen (secondary N) is 1. The van der Waals surface area contributed by atoms with Gasteiger partial charge in [0.25, 0.3) is 0 Å². The fourth-order valence-electron chi connectivity index (χ4n) is 2.31. The summed E-state index contributed by atoms with van der Waals surface area (Å²) in [5, 5.41) is 9.94. The van der Waals surface area contributed by atoms with E-state index in [4.69, 9.17) is 5.11 Å². The van der Waals surface area contributed by atoms with E-state index in [-0.39, 0.29) is 6.42 Å². The Kier molecular flexibility index (Phi) is 2.80. The predicted octanol–water partition coefficient (Wildman–Crippen LogP) is 3.46. The third-order valence-corrected chi connectivity index (χ3v) is 3.22. The SMILES string of the molecule is O=C(O)Cc1ccc(-c2cccc3[nH]ccc23)cc1. The first-order chi connectivity index (χ1) is 9.24. The van der Waals surface area contributed by atoms with Gasteiger partial charge in [0.15, 0.2) is 0 Å². The first-order valence-corrected chi connectivity index (χ1v) is 6.11. The predicted molar refractivity (Wildman–Crippen MR) is 75.1 cm³/mol. The minimum absolute atomic E-state index is 0.0641. The van der Waals surface area contributed by atoms with Gasteiger partial charge in [0.05, 0.1) is 6.42 Å². The first-order valence-electron chi connectivity index (χ1n) is 6.11. The molecule has 0 unspecified atom stereocenters. The molecule has 3 aromatic rings. The molecular weight excluding hydrogens is 238 g/mol. The standard InChI is InChI=1S/C16H13NO2/c18-16(19)10-11-4-6-12(7-5-11)13-2-1-3-15-14(13)8-9-17-15/h1-9,17H,10H2,(H,18,19). The maximum absolute atomic E-state index is 10.7. The molecule has 0 spiro atoms. The van der Waals surface area contributed by atoms with E-state index < -0.39 is 5.97 Å². The van der Waals surface area contributed by atoms with Crippen LogP contribution < -0.4 is 0 Å². The third-order valence-electron chi connectivity index (χ3n) is 3.22. The van der Waals surface area contributed by atoms with Gasteiger partial charge in [-0.05, 0) is 28.8 Å². The Morgan fingerprint density at radius 2 is 1.84 bits per heavy atom. The lowest BCUT2D eigenvalue weighted by molar-refractivity contribution is -0.136. The van der Waals surface area contributed by atoms with Gasteiger partial charge >= 0.3 is 5.97 Å². The smallest absolute Gasteiger partial charge is 0.307 e. The summed E-state index contributed by atoms with van der Waals surface area (Å²) >= 11 is 0. The topological polar surface area (TPSA) is 53.1 Å². The summed E-state index contributed by atoms with van der Waals surface area (Å²) in [6.45, 7) is 0. The van der Waals surface area contributed by atoms with Crippen molar-refractivity contribution in [2.75, 3.05) is 0 Å². The second-order valence-electron chi connectivity index (χ2n) is 4.51. The molecule has 3 rings (SSSR count). The van der Waals surface area contributed by atoms with Gasteiger partial charge in [-0.2, -0.15) is 0 Å². The maximum Gasteiger partial charge on any atom is 0.307 e. The Bertz CT molecular complexity index is 726. The van der Waals surface area contributed by atoms with Crippen LogP contribution in [0.4, 0.5) is 0 Å². The van der Waals surface area contributed by atoms with E-state index in [1.54, 1.807) is 0 Å². The Morgan fingerprint density at radius 3 is 2.58 bits per heavy atom. The molecule has 0 bridgehead atoms. The third kappa shape index (κ3) is 2.22. The largest absolute Gasteiger partial charge is 0.481 e. The Labute approximate surface area is 110 Å². The monoisotopic (exact) mass is 251 g/mol. The molecule has 3 heteroatoms. The summed E-state index contributed by atoms with van der Waals surface area (Å²) in [5.74, 6) is -0.805. The molecule has 0 aliphatic heterocycles. The van der Waals surface area contributed by atoms with Crippen LogP contribution in [-0.2, 0) is 11.2 Å². The van der Waals surface area contributed by atoms with Crippen LogP contribution in [0.3, 0.4) is 0 Å². The number of hydrogen-bond donors (Lipinski definition) is 2. The number of hydrogen-bond acceptors (Lipinski definition) is 1. The van der Waals surface area contributed by atoms with Crippen LogP contribution in [0.15, 0.2) is 54.7 Å². The molecule has 2 N–H and O–H groups in total. The van der Waals surface area contributed by atoms with E-state index in [1.165, 1.54) is 5.39 Å². The van der Waals surface area contributed by atoms with Crippen molar-refractivity contribution >= 4 is 16.9 Å². The average molecular weight is 251 g/mol. The van der Waals surface area contributed by atoms with Crippen molar-refractivity contribution in [3.63, 3.8) is 0 Å². The van der Waals surface area contributed by atoms with E-state index in [9.17, 15) is 4.79 Å². The maximum atomic E-state index is 10.7. The quantitative estimate of drug-likeness (QED) is 0.749. The number of carbonyl (C=O) groups is 1. The zero-order chi connectivity index (χ0) is 13.2. The Morgan fingerprint density at radius 1 is 1.05 bits per heavy atom. The molecule has 0 saturated carbocycles. The molecule has 1 heterocycles. The van der Waals surface area contributed by atoms with Gasteiger partial charge in [-0.3, -0.25) is 4.79 Å². The van der Waals surface area contributed by atoms with Crippen molar-refractivity contribution in [3.05, 3.63) is 60.3 Å². The average Bonchev–Trinajstić information content (AvgIpc) is 2.87. The van der Waals surface area contributed by atoms with E-state index in [2.05, 4.69) is 17.1 Å². The number of aromatic amines is 1. The fourth-order valence-corrected chi connectivity index (χ4v) is 2.31. The zero-order valence-electron chi connectivity index (χ0n) is 10.3. The van der Waals surface area contributed by atoms with Gasteiger partial charge < -0.3 is 10.1 Å². The molecule has 19 heavy (non-hydrogen) atoms. The number of carboxylic acids is 1. The number of benzene rings is 2. The van der Waals surface area contributed by atoms with Crippen LogP contribution in [0, 0.1) is 0 Å². The van der Waals surface area contributed by atoms with E-state index in [0.29, 0.717) is 0 Å². The summed E-state index contributed by atoms with van der Waals surface area (Å²) in [7, 11) is 0. The van der Waals surface area contributed by atoms with Crippen molar-refractivity contribution in [2.24, 2.45) is 0 Å². The van der Waals surface area contributed by atoms with Crippen molar-refractivity contribution < 1.29 is 9.90 Å². The van der Waals surface area contributed by atoms with Crippen molar-refractivity contribution in [1.82, 2.24) is 4.98 Å². The minimum atomic E-state index is -0.805. The summed E-state index contributed by atoms with van der Waals surface area (Å²) in [6.07, 6.45) is 1.99. The summed E-state index contributed by atoms with van der Waals surface area (Å²) < 4.78 is 0. The number of H-pyrrole nitrogens is 1. The Hall–Kier alpha value is -2.55. The van der Waals surface area contributed by atoms with Crippen LogP contribution in [0.25, 0.3) is 22.0 Å². The molecule has 0 fully saturated rings. The second kappa shape index (κ2) is 4.61. The molecule has 2 aromatic carbocycles. The highest BCUT2D eigenvalue weighted by Crippen LogP contribution is 2.28. The molecule has 0 aliphatic carbocycles. The van der Waals surface area contributed by atoms with Crippen LogP contribution >= 0.6 is 0 Å². The summed E-state index contributed by atoms with van der Waals surface area (Å²) in [5.41, 5.74) is 4.17. The number of aromatic nitrogens is 1. The summed E-state index contributed by atoms with van der Waals surface area (Å²) in [4.78, 5) is 13.8.